The molecule has 0 bridgehead atoms. The molecule has 0 fully saturated rings. The van der Waals surface area contributed by atoms with Crippen molar-refractivity contribution in [2.45, 2.75) is 45.5 Å². The minimum absolute atomic E-state index is 0.0265. The molecule has 8 rings (SSSR count). The Morgan fingerprint density at radius 2 is 0.833 bits per heavy atom. The average molecular weight is 1300 g/mol. The van der Waals surface area contributed by atoms with E-state index in [4.69, 9.17) is 17.3 Å². The molecular formula is C51H39ClF12N18O8. The van der Waals surface area contributed by atoms with Crippen LogP contribution in [-0.2, 0) is 39.1 Å². The largest absolute Gasteiger partial charge is 0.418 e. The van der Waals surface area contributed by atoms with E-state index in [0.29, 0.717) is 59.9 Å². The molecule has 8 aromatic heterocycles. The van der Waals surface area contributed by atoms with Crippen LogP contribution in [-0.4, -0.2) is 73.3 Å². The van der Waals surface area contributed by atoms with Crippen LogP contribution in [0.1, 0.15) is 53.5 Å². The van der Waals surface area contributed by atoms with Gasteiger partial charge in [-0.05, 0) is 60.7 Å². The van der Waals surface area contributed by atoms with Crippen LogP contribution in [0.4, 0.5) is 127 Å². The second-order valence-electron chi connectivity index (χ2n) is 17.3. The molecule has 26 nitrogen and oxygen atoms in total. The summed E-state index contributed by atoms with van der Waals surface area (Å²) in [4.78, 5) is 94.0. The number of pyridine rings is 8. The predicted octanol–water partition coefficient (Wildman–Crippen LogP) is 12.4. The molecule has 0 aliphatic carbocycles. The molecule has 8 aromatic rings. The summed E-state index contributed by atoms with van der Waals surface area (Å²) in [6, 6.07) is 15.9. The molecule has 0 spiro atoms. The number of amides is 4. The Morgan fingerprint density at radius 1 is 0.456 bits per heavy atom. The molecule has 9 N–H and O–H groups in total. The Labute approximate surface area is 500 Å². The van der Waals surface area contributed by atoms with Crippen LogP contribution in [0.3, 0.4) is 0 Å². The number of anilines is 11. The summed E-state index contributed by atoms with van der Waals surface area (Å²) in [5, 5.41) is 38.5. The standard InChI is InChI=1S/C19H15F3N6O2.C13H10F3N5O3.C13H12F3N5O.C6H2ClF3N2O2/c1-11(29)26-16-6-5-13(10-24-16)27-17-15(8-12(9-25-17)19(20,21)22)28-18(30)14-4-2-3-7-23-14;1-7(22)19-11-3-2-9(6-17-11)20-12-10(21(23)24)4-8(5-18-12)13(14,15)16;1-7(22)20-11-3-2-9(6-18-11)21-12-10(17)4-8(5-19-12)13(14,15)16;7-5-4(12(13)14)1-3(2-11-5)6(8,9)10/h2-10H,1H3,(H,25,27)(H,28,30)(H,24,26,29);2-6H,1H3,(H,18,20)(H,17,19,22);2-6H,17H2,1H3,(H,19,21)(H,18,20,22);1-2H. The molecule has 39 heteroatoms. The van der Waals surface area contributed by atoms with Gasteiger partial charge in [0.2, 0.25) is 28.7 Å². The number of nitro groups is 2. The molecule has 8 heterocycles. The normalized spacial score (nSPS) is 11.1. The van der Waals surface area contributed by atoms with E-state index in [-0.39, 0.29) is 63.7 Å². The average Bonchev–Trinajstić information content (AvgIpc) is 1.18. The number of halogens is 13. The first-order valence-electron chi connectivity index (χ1n) is 24.2. The zero-order valence-electron chi connectivity index (χ0n) is 45.4. The third-order valence-electron chi connectivity index (χ3n) is 10.3. The highest BCUT2D eigenvalue weighted by Gasteiger charge is 2.36. The number of carbonyl (C=O) groups is 4. The molecule has 0 unspecified atom stereocenters. The molecule has 0 saturated carbocycles. The first-order valence-corrected chi connectivity index (χ1v) is 24.6. The zero-order chi connectivity index (χ0) is 66.9. The van der Waals surface area contributed by atoms with Gasteiger partial charge in [0.25, 0.3) is 5.91 Å². The number of nitrogens with one attached hydrogen (secondary N) is 7. The second kappa shape index (κ2) is 29.8. The Hall–Kier alpha value is -11.5. The van der Waals surface area contributed by atoms with Gasteiger partial charge in [0, 0.05) is 63.9 Å². The van der Waals surface area contributed by atoms with Crippen LogP contribution in [0, 0.1) is 20.2 Å². The van der Waals surface area contributed by atoms with Gasteiger partial charge in [0.1, 0.15) is 23.1 Å². The minimum atomic E-state index is -4.74. The van der Waals surface area contributed by atoms with Crippen molar-refractivity contribution in [1.82, 2.24) is 39.9 Å². The van der Waals surface area contributed by atoms with Gasteiger partial charge in [-0.15, -0.1) is 0 Å². The minimum Gasteiger partial charge on any atom is -0.396 e. The van der Waals surface area contributed by atoms with Crippen molar-refractivity contribution >= 4 is 110 Å². The van der Waals surface area contributed by atoms with Crippen LogP contribution in [0.15, 0.2) is 128 Å². The highest BCUT2D eigenvalue weighted by atomic mass is 35.5. The molecule has 0 aliphatic rings. The maximum absolute atomic E-state index is 13.1. The van der Waals surface area contributed by atoms with Crippen molar-refractivity contribution in [3.63, 3.8) is 0 Å². The summed E-state index contributed by atoms with van der Waals surface area (Å²) in [6.07, 6.45) is -10.9. The number of hydrogen-bond donors (Lipinski definition) is 8. The molecule has 4 amide bonds. The number of carbonyl (C=O) groups excluding carboxylic acids is 4. The fourth-order valence-electron chi connectivity index (χ4n) is 6.38. The third kappa shape index (κ3) is 21.5. The van der Waals surface area contributed by atoms with Crippen molar-refractivity contribution in [3.8, 4) is 0 Å². The summed E-state index contributed by atoms with van der Waals surface area (Å²) in [5.41, 5.74) is 0.304. The van der Waals surface area contributed by atoms with Crippen molar-refractivity contribution in [1.29, 1.82) is 0 Å². The Kier molecular flexibility index (Phi) is 22.9. The fraction of sp³-hybridized carbons (Fsp3) is 0.137. The van der Waals surface area contributed by atoms with Crippen LogP contribution in [0.5, 0.6) is 0 Å². The van der Waals surface area contributed by atoms with Crippen molar-refractivity contribution in [2.24, 2.45) is 0 Å². The quantitative estimate of drug-likeness (QED) is 0.0230. The van der Waals surface area contributed by atoms with Crippen molar-refractivity contribution in [2.75, 3.05) is 43.0 Å². The molecule has 0 atom stereocenters. The lowest BCUT2D eigenvalue weighted by Gasteiger charge is -2.15. The molecule has 0 aliphatic heterocycles. The lowest BCUT2D eigenvalue weighted by atomic mass is 10.2. The predicted molar refractivity (Wildman–Crippen MR) is 297 cm³/mol. The van der Waals surface area contributed by atoms with E-state index in [9.17, 15) is 92.1 Å². The maximum Gasteiger partial charge on any atom is 0.418 e. The highest BCUT2D eigenvalue weighted by molar-refractivity contribution is 6.31. The van der Waals surface area contributed by atoms with Gasteiger partial charge in [-0.1, -0.05) is 17.7 Å². The number of rotatable bonds is 13. The fourth-order valence-corrected chi connectivity index (χ4v) is 6.55. The Morgan fingerprint density at radius 3 is 1.21 bits per heavy atom. The molecule has 90 heavy (non-hydrogen) atoms. The summed E-state index contributed by atoms with van der Waals surface area (Å²) in [7, 11) is 0. The van der Waals surface area contributed by atoms with Gasteiger partial charge in [-0.25, -0.2) is 34.9 Å². The van der Waals surface area contributed by atoms with Gasteiger partial charge in [-0.3, -0.25) is 44.4 Å². The zero-order valence-corrected chi connectivity index (χ0v) is 46.1. The summed E-state index contributed by atoms with van der Waals surface area (Å²) in [6.45, 7) is 3.97. The summed E-state index contributed by atoms with van der Waals surface area (Å²) >= 11 is 5.22. The van der Waals surface area contributed by atoms with E-state index in [0.717, 1.165) is 12.1 Å². The third-order valence-corrected chi connectivity index (χ3v) is 10.6. The number of alkyl halides is 12. The van der Waals surface area contributed by atoms with E-state index in [2.05, 4.69) is 77.1 Å². The SMILES string of the molecule is CC(=O)Nc1ccc(Nc2ncc(C(F)(F)F)cc2N)cn1.CC(=O)Nc1ccc(Nc2ncc(C(F)(F)F)cc2NC(=O)c2ccccn2)cn1.CC(=O)Nc1ccc(Nc2ncc(C(F)(F)F)cc2[N+](=O)[O-])cn1.O=[N+]([O-])c1cc(C(F)(F)F)cnc1Cl. The molecule has 0 aromatic carbocycles. The Bertz CT molecular complexity index is 3870. The first kappa shape index (κ1) is 69.3. The van der Waals surface area contributed by atoms with Gasteiger partial charge in [0.05, 0.1) is 79.1 Å². The number of nitrogen functional groups attached to an aromatic ring is 1. The van der Waals surface area contributed by atoms with Gasteiger partial charge < -0.3 is 43.0 Å². The Balaban J connectivity index is 0.000000225. The smallest absolute Gasteiger partial charge is 0.396 e. The lowest BCUT2D eigenvalue weighted by molar-refractivity contribution is -0.385. The van der Waals surface area contributed by atoms with E-state index in [1.54, 1.807) is 24.3 Å². The topological polar surface area (TPSA) is 368 Å². The van der Waals surface area contributed by atoms with Crippen LogP contribution >= 0.6 is 11.6 Å². The van der Waals surface area contributed by atoms with E-state index >= 15 is 0 Å². The van der Waals surface area contributed by atoms with Crippen LogP contribution in [0.2, 0.25) is 5.15 Å². The van der Waals surface area contributed by atoms with E-state index in [1.807, 2.05) is 0 Å². The molecule has 0 radical (unpaired) electrons. The van der Waals surface area contributed by atoms with Crippen LogP contribution in [0.25, 0.3) is 0 Å². The highest BCUT2D eigenvalue weighted by Crippen LogP contribution is 2.37. The van der Waals surface area contributed by atoms with E-state index in [1.165, 1.54) is 75.9 Å². The lowest BCUT2D eigenvalue weighted by Crippen LogP contribution is -2.16. The van der Waals surface area contributed by atoms with E-state index < -0.39 is 79.2 Å². The summed E-state index contributed by atoms with van der Waals surface area (Å²) in [5.74, 6) is -0.979. The molecule has 0 saturated heterocycles. The monoisotopic (exact) mass is 1290 g/mol. The maximum atomic E-state index is 13.1. The number of nitrogens with two attached hydrogens (primary N) is 1. The van der Waals surface area contributed by atoms with Crippen molar-refractivity contribution in [3.05, 3.63) is 182 Å². The molecular weight excluding hydrogens is 1260 g/mol. The second-order valence-corrected chi connectivity index (χ2v) is 17.7. The van der Waals surface area contributed by atoms with Gasteiger partial charge in [0.15, 0.2) is 11.6 Å². The van der Waals surface area contributed by atoms with Gasteiger partial charge in [-0.2, -0.15) is 52.7 Å². The number of aromatic nitrogens is 8. The summed E-state index contributed by atoms with van der Waals surface area (Å²) < 4.78 is 151. The van der Waals surface area contributed by atoms with Crippen LogP contribution < -0.4 is 43.0 Å². The van der Waals surface area contributed by atoms with Crippen molar-refractivity contribution < 1.29 is 81.7 Å². The number of hydrogen-bond acceptors (Lipinski definition) is 20. The van der Waals surface area contributed by atoms with Gasteiger partial charge >= 0.3 is 36.1 Å². The number of nitrogens with zero attached hydrogens (tertiary/aromatic N) is 10. The molecule has 472 valence electrons. The first-order chi connectivity index (χ1) is 42.0.